The number of nitrogens with zero attached hydrogens (tertiary/aromatic N) is 3. The van der Waals surface area contributed by atoms with Crippen molar-refractivity contribution in [2.24, 2.45) is 11.1 Å². The maximum atomic E-state index is 13.3. The van der Waals surface area contributed by atoms with E-state index in [-0.39, 0.29) is 47.0 Å². The summed E-state index contributed by atoms with van der Waals surface area (Å²) in [6.07, 6.45) is -1.01. The molecule has 0 aromatic heterocycles. The highest BCUT2D eigenvalue weighted by Gasteiger charge is 2.29. The van der Waals surface area contributed by atoms with Crippen LogP contribution in [-0.4, -0.2) is 89.0 Å². The van der Waals surface area contributed by atoms with Gasteiger partial charge in [0.1, 0.15) is 18.1 Å². The van der Waals surface area contributed by atoms with E-state index in [1.807, 2.05) is 13.8 Å². The van der Waals surface area contributed by atoms with E-state index in [0.29, 0.717) is 25.3 Å². The number of amides is 2. The number of nitrogens with two attached hydrogens (primary N) is 1. The van der Waals surface area contributed by atoms with Gasteiger partial charge in [0.05, 0.1) is 18.3 Å². The van der Waals surface area contributed by atoms with E-state index in [9.17, 15) is 19.8 Å². The molecule has 1 unspecified atom stereocenters. The van der Waals surface area contributed by atoms with Crippen LogP contribution in [0.4, 0.5) is 4.79 Å². The highest BCUT2D eigenvalue weighted by Crippen LogP contribution is 2.34. The Morgan fingerprint density at radius 1 is 0.952 bits per heavy atom. The number of rotatable bonds is 10. The van der Waals surface area contributed by atoms with Gasteiger partial charge in [0.15, 0.2) is 0 Å². The van der Waals surface area contributed by atoms with Crippen molar-refractivity contribution in [1.29, 1.82) is 0 Å². The number of phenolic OH excluding ortho intramolecular Hbond substituents is 2. The van der Waals surface area contributed by atoms with Crippen LogP contribution in [0.1, 0.15) is 73.1 Å². The topological polar surface area (TPSA) is 129 Å². The number of hydrogen-bond donors (Lipinski definition) is 3. The largest absolute Gasteiger partial charge is 0.508 e. The minimum absolute atomic E-state index is 0.00362. The summed E-state index contributed by atoms with van der Waals surface area (Å²) in [5.41, 5.74) is 9.30. The lowest BCUT2D eigenvalue weighted by Crippen LogP contribution is -2.47. The van der Waals surface area contributed by atoms with Crippen LogP contribution in [0.3, 0.4) is 0 Å². The Balaban J connectivity index is 1.26. The Morgan fingerprint density at radius 2 is 1.62 bits per heavy atom. The maximum absolute atomic E-state index is 13.3. The number of ether oxygens (including phenoxy) is 2. The van der Waals surface area contributed by atoms with Crippen LogP contribution in [0.5, 0.6) is 11.5 Å². The summed E-state index contributed by atoms with van der Waals surface area (Å²) >= 11 is 0. The molecule has 2 amide bonds. The Morgan fingerprint density at radius 3 is 2.26 bits per heavy atom. The molecule has 4 N–H and O–H groups in total. The fraction of sp³-hybridized carbons (Fsp3) is 0.562. The molecule has 230 valence electrons. The molecule has 2 aromatic rings. The molecule has 2 aromatic carbocycles. The third-order valence-electron chi connectivity index (χ3n) is 8.22. The van der Waals surface area contributed by atoms with Crippen LogP contribution in [0.2, 0.25) is 0 Å². The second-order valence-electron chi connectivity index (χ2n) is 12.8. The van der Waals surface area contributed by atoms with Gasteiger partial charge in [0.25, 0.3) is 5.91 Å². The first kappa shape index (κ1) is 31.6. The predicted octanol–water partition coefficient (Wildman–Crippen LogP) is 4.02. The lowest BCUT2D eigenvalue weighted by molar-refractivity contribution is -0.0589. The summed E-state index contributed by atoms with van der Waals surface area (Å²) in [4.78, 5) is 30.9. The summed E-state index contributed by atoms with van der Waals surface area (Å²) in [5, 5.41) is 20.5. The number of carbonyl (C=O) groups is 2. The predicted molar refractivity (Wildman–Crippen MR) is 160 cm³/mol. The molecule has 0 bridgehead atoms. The monoisotopic (exact) mass is 582 g/mol. The van der Waals surface area contributed by atoms with Gasteiger partial charge in [-0.3, -0.25) is 14.6 Å². The molecule has 2 aliphatic rings. The molecule has 0 saturated carbocycles. The van der Waals surface area contributed by atoms with E-state index in [4.69, 9.17) is 15.2 Å². The molecule has 1 atom stereocenters. The number of piperazine rings is 1. The van der Waals surface area contributed by atoms with Crippen molar-refractivity contribution in [2.75, 3.05) is 45.9 Å². The van der Waals surface area contributed by atoms with E-state index in [1.54, 1.807) is 11.0 Å². The Labute approximate surface area is 249 Å². The summed E-state index contributed by atoms with van der Waals surface area (Å²) in [5.74, 6) is -0.401. The fourth-order valence-corrected chi connectivity index (χ4v) is 5.55. The van der Waals surface area contributed by atoms with Gasteiger partial charge in [-0.15, -0.1) is 0 Å². The minimum atomic E-state index is -0.785. The summed E-state index contributed by atoms with van der Waals surface area (Å²) < 4.78 is 11.1. The number of fused-ring (bicyclic) bond motifs is 1. The lowest BCUT2D eigenvalue weighted by Gasteiger charge is -2.35. The van der Waals surface area contributed by atoms with Crippen molar-refractivity contribution >= 4 is 12.0 Å². The number of hydrogen-bond acceptors (Lipinski definition) is 8. The molecule has 10 heteroatoms. The zero-order valence-electron chi connectivity index (χ0n) is 25.6. The van der Waals surface area contributed by atoms with Crippen molar-refractivity contribution in [3.63, 3.8) is 0 Å². The van der Waals surface area contributed by atoms with Crippen LogP contribution in [0, 0.1) is 5.41 Å². The van der Waals surface area contributed by atoms with Crippen molar-refractivity contribution in [2.45, 2.75) is 66.3 Å². The average molecular weight is 583 g/mol. The zero-order chi connectivity index (χ0) is 30.6. The smallest absolute Gasteiger partial charge is 0.404 e. The second-order valence-corrected chi connectivity index (χ2v) is 12.8. The Bertz CT molecular complexity index is 1270. The van der Waals surface area contributed by atoms with Crippen LogP contribution >= 0.6 is 0 Å². The number of carbonyl (C=O) groups excluding carboxylic acids is 2. The normalized spacial score (nSPS) is 17.0. The number of phenols is 2. The first-order valence-electron chi connectivity index (χ1n) is 14.8. The van der Waals surface area contributed by atoms with Gasteiger partial charge in [-0.05, 0) is 39.7 Å². The van der Waals surface area contributed by atoms with Gasteiger partial charge in [-0.25, -0.2) is 4.79 Å². The Hall–Kier alpha value is -3.34. The molecule has 0 spiro atoms. The molecule has 10 nitrogen and oxygen atoms in total. The van der Waals surface area contributed by atoms with Gasteiger partial charge < -0.3 is 30.3 Å². The standard InChI is InChI=1S/C32H46N4O6/c1-21(2)25-15-26(28(38)16-27(25)37)30(39)36-18-23-7-6-22(14-24(23)19-36)17-35-10-8-34(9-11-35)12-13-41-29(32(3,4)5)20-42-31(33)40/h6-7,14-16,21,29,37-38H,8-13,17-20H2,1-5H3,(H2,33,40). The zero-order valence-corrected chi connectivity index (χ0v) is 25.6. The highest BCUT2D eigenvalue weighted by atomic mass is 16.6. The summed E-state index contributed by atoms with van der Waals surface area (Å²) in [6.45, 7) is 17.2. The molecule has 0 radical (unpaired) electrons. The molecule has 0 aliphatic carbocycles. The summed E-state index contributed by atoms with van der Waals surface area (Å²) in [7, 11) is 0. The first-order valence-corrected chi connectivity index (χ1v) is 14.8. The van der Waals surface area contributed by atoms with E-state index in [0.717, 1.165) is 50.4 Å². The molecular weight excluding hydrogens is 536 g/mol. The van der Waals surface area contributed by atoms with Crippen LogP contribution in [0.25, 0.3) is 0 Å². The van der Waals surface area contributed by atoms with Gasteiger partial charge in [-0.1, -0.05) is 52.8 Å². The third-order valence-corrected chi connectivity index (χ3v) is 8.22. The van der Waals surface area contributed by atoms with Gasteiger partial charge in [0.2, 0.25) is 0 Å². The van der Waals surface area contributed by atoms with Crippen LogP contribution < -0.4 is 5.73 Å². The number of benzene rings is 2. The van der Waals surface area contributed by atoms with Crippen molar-refractivity contribution in [3.05, 3.63) is 58.1 Å². The molecule has 1 fully saturated rings. The molecule has 2 heterocycles. The SMILES string of the molecule is CC(C)c1cc(C(=O)N2Cc3ccc(CN4CCN(CCOC(COC(N)=O)C(C)(C)C)CC4)cc3C2)c(O)cc1O. The van der Waals surface area contributed by atoms with E-state index < -0.39 is 6.09 Å². The maximum Gasteiger partial charge on any atom is 0.404 e. The van der Waals surface area contributed by atoms with Crippen molar-refractivity contribution in [3.8, 4) is 11.5 Å². The highest BCUT2D eigenvalue weighted by molar-refractivity contribution is 5.97. The minimum Gasteiger partial charge on any atom is -0.508 e. The average Bonchev–Trinajstić information content (AvgIpc) is 3.34. The van der Waals surface area contributed by atoms with Crippen molar-refractivity contribution in [1.82, 2.24) is 14.7 Å². The van der Waals surface area contributed by atoms with E-state index >= 15 is 0 Å². The molecule has 1 saturated heterocycles. The number of primary amides is 1. The van der Waals surface area contributed by atoms with Crippen molar-refractivity contribution < 1.29 is 29.3 Å². The fourth-order valence-electron chi connectivity index (χ4n) is 5.55. The molecule has 2 aliphatic heterocycles. The third kappa shape index (κ3) is 7.93. The molecular formula is C32H46N4O6. The molecule has 4 rings (SSSR count). The van der Waals surface area contributed by atoms with E-state index in [2.05, 4.69) is 48.8 Å². The van der Waals surface area contributed by atoms with Crippen LogP contribution in [-0.2, 0) is 29.1 Å². The van der Waals surface area contributed by atoms with Crippen LogP contribution in [0.15, 0.2) is 30.3 Å². The lowest BCUT2D eigenvalue weighted by atomic mass is 9.89. The molecule has 42 heavy (non-hydrogen) atoms. The first-order chi connectivity index (χ1) is 19.8. The number of aromatic hydroxyl groups is 2. The second kappa shape index (κ2) is 13.3. The summed E-state index contributed by atoms with van der Waals surface area (Å²) in [6, 6.07) is 9.32. The van der Waals surface area contributed by atoms with E-state index in [1.165, 1.54) is 11.6 Å². The van der Waals surface area contributed by atoms with Gasteiger partial charge in [0, 0.05) is 58.4 Å². The Kier molecular flexibility index (Phi) is 10.0. The quantitative estimate of drug-likeness (QED) is 0.383. The van der Waals surface area contributed by atoms with Gasteiger partial charge in [-0.2, -0.15) is 0 Å². The van der Waals surface area contributed by atoms with Gasteiger partial charge >= 0.3 is 6.09 Å².